The third kappa shape index (κ3) is 4.80. The highest BCUT2D eigenvalue weighted by Gasteiger charge is 2.28. The zero-order chi connectivity index (χ0) is 24.2. The van der Waals surface area contributed by atoms with Gasteiger partial charge in [0.2, 0.25) is 0 Å². The first-order valence-electron chi connectivity index (χ1n) is 11.3. The monoisotopic (exact) mass is 473 g/mol. The molecule has 1 aromatic carbocycles. The minimum Gasteiger partial charge on any atom is -0.322 e. The first-order chi connectivity index (χ1) is 16.4. The van der Waals surface area contributed by atoms with E-state index in [1.807, 2.05) is 51.1 Å². The van der Waals surface area contributed by atoms with Gasteiger partial charge in [0.25, 0.3) is 11.8 Å². The number of fused-ring (bicyclic) bond motifs is 1. The van der Waals surface area contributed by atoms with Crippen molar-refractivity contribution in [3.8, 4) is 11.1 Å². The van der Waals surface area contributed by atoms with Crippen LogP contribution in [0.1, 0.15) is 62.6 Å². The van der Waals surface area contributed by atoms with Crippen LogP contribution < -0.4 is 10.7 Å². The molecule has 7 nitrogen and oxygen atoms in total. The smallest absolute Gasteiger partial charge is 0.258 e. The predicted octanol–water partition coefficient (Wildman–Crippen LogP) is 4.96. The van der Waals surface area contributed by atoms with Crippen LogP contribution in [0.2, 0.25) is 0 Å². The van der Waals surface area contributed by atoms with E-state index in [2.05, 4.69) is 20.4 Å². The molecular weight excluding hydrogens is 446 g/mol. The molecule has 0 unspecified atom stereocenters. The highest BCUT2D eigenvalue weighted by molar-refractivity contribution is 7.15. The lowest BCUT2D eigenvalue weighted by atomic mass is 9.95. The third-order valence-electron chi connectivity index (χ3n) is 6.00. The molecule has 2 aromatic heterocycles. The molecule has 0 saturated heterocycles. The van der Waals surface area contributed by atoms with Gasteiger partial charge in [0.15, 0.2) is 0 Å². The molecule has 0 radical (unpaired) electrons. The summed E-state index contributed by atoms with van der Waals surface area (Å²) in [5.41, 5.74) is 8.93. The van der Waals surface area contributed by atoms with Crippen LogP contribution in [-0.4, -0.2) is 22.6 Å². The summed E-state index contributed by atoms with van der Waals surface area (Å²) in [4.78, 5) is 26.3. The molecule has 0 fully saturated rings. The molecule has 2 N–H and O–H groups in total. The van der Waals surface area contributed by atoms with Crippen molar-refractivity contribution < 1.29 is 9.59 Å². The normalized spacial score (nSPS) is 12.9. The van der Waals surface area contributed by atoms with Gasteiger partial charge >= 0.3 is 0 Å². The highest BCUT2D eigenvalue weighted by atomic mass is 32.1. The first-order valence-corrected chi connectivity index (χ1v) is 12.1. The average molecular weight is 474 g/mol. The van der Waals surface area contributed by atoms with Crippen molar-refractivity contribution in [1.29, 1.82) is 5.26 Å². The summed E-state index contributed by atoms with van der Waals surface area (Å²) in [6, 6.07) is 11.6. The van der Waals surface area contributed by atoms with Crippen LogP contribution in [0, 0.1) is 32.1 Å². The number of thiophene rings is 1. The largest absolute Gasteiger partial charge is 0.322 e. The Morgan fingerprint density at radius 2 is 1.91 bits per heavy atom. The third-order valence-corrected chi connectivity index (χ3v) is 7.27. The van der Waals surface area contributed by atoms with Crippen molar-refractivity contribution in [3.63, 3.8) is 0 Å². The lowest BCUT2D eigenvalue weighted by molar-refractivity contribution is -0.120. The number of benzene rings is 1. The Bertz CT molecular complexity index is 1310. The maximum atomic E-state index is 13.5. The van der Waals surface area contributed by atoms with Crippen LogP contribution in [0.5, 0.6) is 0 Å². The number of amides is 2. The summed E-state index contributed by atoms with van der Waals surface area (Å²) in [6.45, 7) is 6.00. The first kappa shape index (κ1) is 23.5. The van der Waals surface area contributed by atoms with E-state index in [4.69, 9.17) is 5.26 Å². The molecule has 3 aromatic rings. The van der Waals surface area contributed by atoms with Crippen LogP contribution in [0.15, 0.2) is 35.4 Å². The summed E-state index contributed by atoms with van der Waals surface area (Å²) in [6.07, 6.45) is 5.45. The number of hydrogen-bond donors (Lipinski definition) is 2. The van der Waals surface area contributed by atoms with Crippen molar-refractivity contribution in [3.05, 3.63) is 68.9 Å². The quantitative estimate of drug-likeness (QED) is 0.391. The van der Waals surface area contributed by atoms with E-state index in [-0.39, 0.29) is 12.3 Å². The average Bonchev–Trinajstić information content (AvgIpc) is 3.32. The molecule has 1 aliphatic carbocycles. The topological polar surface area (TPSA) is 99.3 Å². The van der Waals surface area contributed by atoms with Crippen LogP contribution in [0.25, 0.3) is 5.00 Å². The zero-order valence-electron chi connectivity index (χ0n) is 19.6. The molecule has 0 saturated carbocycles. The number of hydrazone groups is 1. The van der Waals surface area contributed by atoms with Crippen molar-refractivity contribution in [2.75, 3.05) is 5.32 Å². The second kappa shape index (κ2) is 10.1. The fraction of sp³-hybridized carbons (Fsp3) is 0.308. The molecule has 2 heterocycles. The van der Waals surface area contributed by atoms with Gasteiger partial charge in [-0.2, -0.15) is 10.4 Å². The van der Waals surface area contributed by atoms with Gasteiger partial charge < -0.3 is 9.88 Å². The van der Waals surface area contributed by atoms with Crippen LogP contribution in [0.3, 0.4) is 0 Å². The molecule has 0 aliphatic heterocycles. The number of carbonyl (C=O) groups is 2. The number of anilines is 1. The SMILES string of the molecule is Cc1ccc(NC(=O)c2c(-n3c(C)cc(/C=N\NC(=O)CC#N)c3C)sc3c2CCCC3)cc1. The van der Waals surface area contributed by atoms with Gasteiger partial charge in [0.05, 0.1) is 17.8 Å². The second-order valence-corrected chi connectivity index (χ2v) is 9.58. The van der Waals surface area contributed by atoms with Crippen molar-refractivity contribution in [1.82, 2.24) is 9.99 Å². The van der Waals surface area contributed by atoms with Gasteiger partial charge in [0, 0.05) is 27.5 Å². The predicted molar refractivity (Wildman–Crippen MR) is 135 cm³/mol. The molecule has 1 aliphatic rings. The van der Waals surface area contributed by atoms with Crippen LogP contribution >= 0.6 is 11.3 Å². The molecule has 2 amide bonds. The Morgan fingerprint density at radius 3 is 2.65 bits per heavy atom. The van der Waals surface area contributed by atoms with Crippen LogP contribution in [0.4, 0.5) is 5.69 Å². The number of rotatable bonds is 6. The molecule has 34 heavy (non-hydrogen) atoms. The van der Waals surface area contributed by atoms with Gasteiger partial charge in [-0.15, -0.1) is 11.3 Å². The molecule has 174 valence electrons. The van der Waals surface area contributed by atoms with E-state index in [0.29, 0.717) is 0 Å². The number of aryl methyl sites for hydroxylation is 3. The lowest BCUT2D eigenvalue weighted by Gasteiger charge is -2.14. The zero-order valence-corrected chi connectivity index (χ0v) is 20.4. The number of nitrogens with one attached hydrogen (secondary N) is 2. The fourth-order valence-electron chi connectivity index (χ4n) is 4.29. The van der Waals surface area contributed by atoms with Crippen molar-refractivity contribution in [2.24, 2.45) is 5.10 Å². The Labute approximate surface area is 203 Å². The van der Waals surface area contributed by atoms with Gasteiger partial charge in [0.1, 0.15) is 11.4 Å². The maximum absolute atomic E-state index is 13.5. The number of aromatic nitrogens is 1. The Morgan fingerprint density at radius 1 is 1.18 bits per heavy atom. The summed E-state index contributed by atoms with van der Waals surface area (Å²) >= 11 is 1.69. The van der Waals surface area contributed by atoms with Crippen LogP contribution in [-0.2, 0) is 17.6 Å². The van der Waals surface area contributed by atoms with Crippen molar-refractivity contribution >= 4 is 35.1 Å². The molecule has 0 bridgehead atoms. The number of nitriles is 1. The summed E-state index contributed by atoms with van der Waals surface area (Å²) in [5.74, 6) is -0.543. The Kier molecular flexibility index (Phi) is 6.94. The Hall–Kier alpha value is -3.70. The van der Waals surface area contributed by atoms with E-state index < -0.39 is 5.91 Å². The molecule has 0 spiro atoms. The fourth-order valence-corrected chi connectivity index (χ4v) is 5.79. The summed E-state index contributed by atoms with van der Waals surface area (Å²) in [7, 11) is 0. The van der Waals surface area contributed by atoms with Crippen molar-refractivity contribution in [2.45, 2.75) is 52.9 Å². The van der Waals surface area contributed by atoms with E-state index in [1.54, 1.807) is 23.6 Å². The lowest BCUT2D eigenvalue weighted by Crippen LogP contribution is -2.17. The number of carbonyl (C=O) groups excluding carboxylic acids is 2. The summed E-state index contributed by atoms with van der Waals surface area (Å²) in [5, 5.41) is 16.6. The second-order valence-electron chi connectivity index (χ2n) is 8.50. The molecular formula is C26H27N5O2S. The van der Waals surface area contributed by atoms with Gasteiger partial charge in [-0.05, 0) is 70.2 Å². The molecule has 4 rings (SSSR count). The van der Waals surface area contributed by atoms with Gasteiger partial charge in [-0.3, -0.25) is 9.59 Å². The standard InChI is InChI=1S/C26H27N5O2S/c1-16-8-10-20(11-9-16)29-25(33)24-21-6-4-5-7-22(21)34-26(24)31-17(2)14-19(18(31)3)15-28-30-23(32)12-13-27/h8-11,14-15H,4-7,12H2,1-3H3,(H,29,33)(H,30,32)/b28-15-. The van der Waals surface area contributed by atoms with E-state index in [1.165, 1.54) is 4.88 Å². The highest BCUT2D eigenvalue weighted by Crippen LogP contribution is 2.39. The minimum atomic E-state index is -0.450. The van der Waals surface area contributed by atoms with E-state index in [0.717, 1.165) is 70.0 Å². The van der Waals surface area contributed by atoms with Gasteiger partial charge in [-0.1, -0.05) is 17.7 Å². The van der Waals surface area contributed by atoms with E-state index >= 15 is 0 Å². The summed E-state index contributed by atoms with van der Waals surface area (Å²) < 4.78 is 2.10. The maximum Gasteiger partial charge on any atom is 0.258 e. The number of nitrogens with zero attached hydrogens (tertiary/aromatic N) is 3. The minimum absolute atomic E-state index is 0.0928. The van der Waals surface area contributed by atoms with E-state index in [9.17, 15) is 9.59 Å². The van der Waals surface area contributed by atoms with Gasteiger partial charge in [-0.25, -0.2) is 5.43 Å². The Balaban J connectivity index is 1.71. The molecule has 0 atom stereocenters. The molecule has 8 heteroatoms. The number of hydrogen-bond acceptors (Lipinski definition) is 5.